The summed E-state index contributed by atoms with van der Waals surface area (Å²) >= 11 is 0. The fourth-order valence-corrected chi connectivity index (χ4v) is 2.21. The number of carboxylic acid groups (broad SMARTS) is 1. The van der Waals surface area contributed by atoms with Gasteiger partial charge in [-0.2, -0.15) is 0 Å². The van der Waals surface area contributed by atoms with E-state index in [1.165, 1.54) is 0 Å². The quantitative estimate of drug-likeness (QED) is 0.651. The number of unbranched alkanes of at least 4 members (excludes halogenated alkanes) is 4. The number of nitrogens with one attached hydrogen (secondary N) is 1. The van der Waals surface area contributed by atoms with Crippen molar-refractivity contribution in [1.82, 2.24) is 5.32 Å². The largest absolute Gasteiger partial charge is 0.496 e. The van der Waals surface area contributed by atoms with Gasteiger partial charge in [-0.15, -0.1) is 0 Å². The molecule has 0 heterocycles. The fraction of sp³-hybridized carbons (Fsp3) is 0.529. The highest BCUT2D eigenvalue weighted by atomic mass is 16.5. The van der Waals surface area contributed by atoms with Gasteiger partial charge in [-0.05, 0) is 37.5 Å². The molecule has 2 N–H and O–H groups in total. The Hall–Kier alpha value is -2.04. The number of aliphatic carboxylic acids is 1. The summed E-state index contributed by atoms with van der Waals surface area (Å²) in [5, 5.41) is 11.4. The van der Waals surface area contributed by atoms with E-state index in [1.54, 1.807) is 13.2 Å². The van der Waals surface area contributed by atoms with Crippen molar-refractivity contribution in [2.75, 3.05) is 13.7 Å². The molecule has 0 saturated heterocycles. The van der Waals surface area contributed by atoms with Crippen LogP contribution in [0.3, 0.4) is 0 Å². The standard InChI is InChI=1S/C17H25NO4/c1-13-9-10-14(15(12-13)22-2)17(21)18-11-7-5-3-4-6-8-16(19)20/h9-10,12H,3-8,11H2,1-2H3,(H,18,21)(H,19,20). The van der Waals surface area contributed by atoms with Crippen LogP contribution in [-0.4, -0.2) is 30.6 Å². The topological polar surface area (TPSA) is 75.6 Å². The minimum Gasteiger partial charge on any atom is -0.496 e. The normalized spacial score (nSPS) is 10.3. The van der Waals surface area contributed by atoms with Gasteiger partial charge in [0.05, 0.1) is 12.7 Å². The Kier molecular flexibility index (Phi) is 8.04. The summed E-state index contributed by atoms with van der Waals surface area (Å²) in [4.78, 5) is 22.4. The van der Waals surface area contributed by atoms with Crippen molar-refractivity contribution in [1.29, 1.82) is 0 Å². The summed E-state index contributed by atoms with van der Waals surface area (Å²) in [5.41, 5.74) is 1.60. The predicted octanol–water partition coefficient (Wildman–Crippen LogP) is 3.16. The first kappa shape index (κ1) is 18.0. The number of methoxy groups -OCH3 is 1. The lowest BCUT2D eigenvalue weighted by Crippen LogP contribution is -2.24. The average molecular weight is 307 g/mol. The number of hydrogen-bond donors (Lipinski definition) is 2. The third-order valence-corrected chi connectivity index (χ3v) is 3.45. The Balaban J connectivity index is 2.22. The van der Waals surface area contributed by atoms with E-state index in [2.05, 4.69) is 5.32 Å². The van der Waals surface area contributed by atoms with E-state index >= 15 is 0 Å². The number of aryl methyl sites for hydroxylation is 1. The van der Waals surface area contributed by atoms with Crippen molar-refractivity contribution in [2.45, 2.75) is 45.4 Å². The Morgan fingerprint density at radius 2 is 1.82 bits per heavy atom. The second kappa shape index (κ2) is 9.82. The van der Waals surface area contributed by atoms with E-state index in [4.69, 9.17) is 9.84 Å². The highest BCUT2D eigenvalue weighted by Gasteiger charge is 2.11. The number of carboxylic acids is 1. The lowest BCUT2D eigenvalue weighted by molar-refractivity contribution is -0.137. The number of ether oxygens (including phenoxy) is 1. The van der Waals surface area contributed by atoms with Gasteiger partial charge in [0.1, 0.15) is 5.75 Å². The van der Waals surface area contributed by atoms with Gasteiger partial charge in [0.2, 0.25) is 0 Å². The van der Waals surface area contributed by atoms with Crippen molar-refractivity contribution in [3.05, 3.63) is 29.3 Å². The van der Waals surface area contributed by atoms with Crippen molar-refractivity contribution in [3.8, 4) is 5.75 Å². The van der Waals surface area contributed by atoms with Gasteiger partial charge in [-0.1, -0.05) is 25.3 Å². The Morgan fingerprint density at radius 1 is 1.14 bits per heavy atom. The molecule has 0 bridgehead atoms. The van der Waals surface area contributed by atoms with Crippen LogP contribution >= 0.6 is 0 Å². The highest BCUT2D eigenvalue weighted by Crippen LogP contribution is 2.19. The van der Waals surface area contributed by atoms with Gasteiger partial charge < -0.3 is 15.2 Å². The Morgan fingerprint density at radius 3 is 2.50 bits per heavy atom. The summed E-state index contributed by atoms with van der Waals surface area (Å²) in [6.45, 7) is 2.57. The van der Waals surface area contributed by atoms with Crippen molar-refractivity contribution in [3.63, 3.8) is 0 Å². The van der Waals surface area contributed by atoms with Crippen LogP contribution in [-0.2, 0) is 4.79 Å². The van der Waals surface area contributed by atoms with Gasteiger partial charge >= 0.3 is 5.97 Å². The number of carbonyl (C=O) groups excluding carboxylic acids is 1. The minimum atomic E-state index is -0.737. The number of rotatable bonds is 10. The molecule has 0 aliphatic heterocycles. The van der Waals surface area contributed by atoms with E-state index in [-0.39, 0.29) is 12.3 Å². The summed E-state index contributed by atoms with van der Waals surface area (Å²) in [6, 6.07) is 5.51. The molecule has 122 valence electrons. The minimum absolute atomic E-state index is 0.122. The molecule has 0 fully saturated rings. The molecule has 0 aliphatic carbocycles. The maximum Gasteiger partial charge on any atom is 0.303 e. The first-order chi connectivity index (χ1) is 10.5. The molecule has 0 aliphatic rings. The molecule has 0 spiro atoms. The third-order valence-electron chi connectivity index (χ3n) is 3.45. The van der Waals surface area contributed by atoms with E-state index in [0.29, 0.717) is 17.9 Å². The molecule has 0 radical (unpaired) electrons. The van der Waals surface area contributed by atoms with Crippen LogP contribution in [0.4, 0.5) is 0 Å². The molecular formula is C17H25NO4. The molecule has 0 saturated carbocycles. The monoisotopic (exact) mass is 307 g/mol. The molecule has 5 heteroatoms. The fourth-order valence-electron chi connectivity index (χ4n) is 2.21. The van der Waals surface area contributed by atoms with Gasteiger partial charge in [0.15, 0.2) is 0 Å². The van der Waals surface area contributed by atoms with E-state index in [1.807, 2.05) is 19.1 Å². The molecule has 1 aromatic carbocycles. The van der Waals surface area contributed by atoms with Gasteiger partial charge in [-0.3, -0.25) is 9.59 Å². The lowest BCUT2D eigenvalue weighted by Gasteiger charge is -2.10. The third kappa shape index (κ3) is 6.61. The first-order valence-corrected chi connectivity index (χ1v) is 7.69. The average Bonchev–Trinajstić information content (AvgIpc) is 2.49. The van der Waals surface area contributed by atoms with Crippen LogP contribution in [0.2, 0.25) is 0 Å². The smallest absolute Gasteiger partial charge is 0.303 e. The zero-order valence-corrected chi connectivity index (χ0v) is 13.4. The SMILES string of the molecule is COc1cc(C)ccc1C(=O)NCCCCCCCC(=O)O. The maximum atomic E-state index is 12.1. The zero-order valence-electron chi connectivity index (χ0n) is 13.4. The first-order valence-electron chi connectivity index (χ1n) is 7.69. The number of amides is 1. The van der Waals surface area contributed by atoms with Crippen LogP contribution in [0.1, 0.15) is 54.4 Å². The van der Waals surface area contributed by atoms with Crippen molar-refractivity contribution in [2.24, 2.45) is 0 Å². The van der Waals surface area contributed by atoms with Gasteiger partial charge in [-0.25, -0.2) is 0 Å². The number of hydrogen-bond acceptors (Lipinski definition) is 3. The van der Waals surface area contributed by atoms with Crippen molar-refractivity contribution < 1.29 is 19.4 Å². The van der Waals surface area contributed by atoms with Gasteiger partial charge in [0.25, 0.3) is 5.91 Å². The molecular weight excluding hydrogens is 282 g/mol. The predicted molar refractivity (Wildman–Crippen MR) is 85.4 cm³/mol. The lowest BCUT2D eigenvalue weighted by atomic mass is 10.1. The Labute approximate surface area is 131 Å². The van der Waals surface area contributed by atoms with Gasteiger partial charge in [0, 0.05) is 13.0 Å². The highest BCUT2D eigenvalue weighted by molar-refractivity contribution is 5.97. The van der Waals surface area contributed by atoms with E-state index in [0.717, 1.165) is 37.7 Å². The molecule has 0 atom stereocenters. The van der Waals surface area contributed by atoms with Crippen LogP contribution in [0.25, 0.3) is 0 Å². The second-order valence-corrected chi connectivity index (χ2v) is 5.37. The van der Waals surface area contributed by atoms with Crippen molar-refractivity contribution >= 4 is 11.9 Å². The zero-order chi connectivity index (χ0) is 16.4. The second-order valence-electron chi connectivity index (χ2n) is 5.37. The summed E-state index contributed by atoms with van der Waals surface area (Å²) in [5.74, 6) is -0.270. The van der Waals surface area contributed by atoms with Crippen LogP contribution in [0.5, 0.6) is 5.75 Å². The van der Waals surface area contributed by atoms with E-state index < -0.39 is 5.97 Å². The number of carbonyl (C=O) groups is 2. The summed E-state index contributed by atoms with van der Waals surface area (Å²) < 4.78 is 5.23. The van der Waals surface area contributed by atoms with E-state index in [9.17, 15) is 9.59 Å². The molecule has 1 aromatic rings. The molecule has 1 amide bonds. The van der Waals surface area contributed by atoms with Crippen LogP contribution in [0, 0.1) is 6.92 Å². The number of benzene rings is 1. The summed E-state index contributed by atoms with van der Waals surface area (Å²) in [6.07, 6.45) is 4.77. The molecule has 22 heavy (non-hydrogen) atoms. The van der Waals surface area contributed by atoms with Crippen LogP contribution < -0.4 is 10.1 Å². The summed E-state index contributed by atoms with van der Waals surface area (Å²) in [7, 11) is 1.56. The molecule has 1 rings (SSSR count). The molecule has 0 unspecified atom stereocenters. The molecule has 0 aromatic heterocycles. The van der Waals surface area contributed by atoms with Crippen LogP contribution in [0.15, 0.2) is 18.2 Å². The molecule has 5 nitrogen and oxygen atoms in total. The Bertz CT molecular complexity index is 499. The maximum absolute atomic E-state index is 12.1.